The maximum Gasteiger partial charge on any atom is 0.151 e. The smallest absolute Gasteiger partial charge is 0.151 e. The fourth-order valence-electron chi connectivity index (χ4n) is 2.30. The Morgan fingerprint density at radius 2 is 2.00 bits per heavy atom. The lowest BCUT2D eigenvalue weighted by Crippen LogP contribution is -2.24. The van der Waals surface area contributed by atoms with Crippen molar-refractivity contribution in [3.63, 3.8) is 0 Å². The molecule has 0 fully saturated rings. The predicted molar refractivity (Wildman–Crippen MR) is 65.2 cm³/mol. The molecule has 0 aromatic rings. The zero-order valence-corrected chi connectivity index (χ0v) is 10.4. The first-order chi connectivity index (χ1) is 7.99. The first kappa shape index (κ1) is 14.6. The van der Waals surface area contributed by atoms with E-state index in [2.05, 4.69) is 0 Å². The summed E-state index contributed by atoms with van der Waals surface area (Å²) < 4.78 is 0. The molecule has 0 aromatic carbocycles. The van der Waals surface area contributed by atoms with Crippen molar-refractivity contribution in [3.8, 4) is 0 Å². The summed E-state index contributed by atoms with van der Waals surface area (Å²) in [5.74, 6) is 0.229. The van der Waals surface area contributed by atoms with Crippen LogP contribution in [0.25, 0.3) is 0 Å². The Morgan fingerprint density at radius 3 is 2.53 bits per heavy atom. The van der Waals surface area contributed by atoms with Crippen molar-refractivity contribution in [2.75, 3.05) is 0 Å². The van der Waals surface area contributed by atoms with Gasteiger partial charge in [0.2, 0.25) is 0 Å². The van der Waals surface area contributed by atoms with Gasteiger partial charge in [-0.1, -0.05) is 11.6 Å². The maximum atomic E-state index is 9.93. The number of aliphatic hydroxyl groups is 4. The van der Waals surface area contributed by atoms with Crippen LogP contribution in [-0.4, -0.2) is 38.9 Å². The van der Waals surface area contributed by atoms with Gasteiger partial charge in [0.15, 0.2) is 6.29 Å². The van der Waals surface area contributed by atoms with E-state index < -0.39 is 12.4 Å². The highest BCUT2D eigenvalue weighted by atomic mass is 16.5. The number of allylic oxidation sites excluding steroid dienone is 1. The first-order valence-corrected chi connectivity index (χ1v) is 6.41. The second kappa shape index (κ2) is 7.11. The molecule has 0 saturated carbocycles. The minimum Gasteiger partial charge on any atom is -0.393 e. The van der Waals surface area contributed by atoms with Crippen LogP contribution in [0.3, 0.4) is 0 Å². The van der Waals surface area contributed by atoms with Gasteiger partial charge in [0, 0.05) is 6.42 Å². The molecule has 0 bridgehead atoms. The molecule has 0 aliphatic heterocycles. The van der Waals surface area contributed by atoms with E-state index in [0.29, 0.717) is 12.8 Å². The largest absolute Gasteiger partial charge is 0.393 e. The highest BCUT2D eigenvalue weighted by Gasteiger charge is 2.23. The third kappa shape index (κ3) is 5.64. The number of aliphatic hydroxyl groups excluding tert-OH is 3. The maximum absolute atomic E-state index is 9.93. The Morgan fingerprint density at radius 1 is 1.29 bits per heavy atom. The van der Waals surface area contributed by atoms with Crippen molar-refractivity contribution in [1.29, 1.82) is 0 Å². The Bertz CT molecular complexity index is 248. The molecule has 1 aliphatic rings. The Kier molecular flexibility index (Phi) is 6.12. The van der Waals surface area contributed by atoms with Gasteiger partial charge in [-0.15, -0.1) is 0 Å². The van der Waals surface area contributed by atoms with E-state index in [-0.39, 0.29) is 12.0 Å². The molecule has 0 heterocycles. The summed E-state index contributed by atoms with van der Waals surface area (Å²) in [5, 5.41) is 36.7. The summed E-state index contributed by atoms with van der Waals surface area (Å²) in [6, 6.07) is 0. The van der Waals surface area contributed by atoms with Gasteiger partial charge in [-0.05, 0) is 44.9 Å². The van der Waals surface area contributed by atoms with Gasteiger partial charge >= 0.3 is 0 Å². The minimum atomic E-state index is -1.26. The molecule has 0 aromatic heterocycles. The van der Waals surface area contributed by atoms with Crippen LogP contribution < -0.4 is 0 Å². The molecule has 4 nitrogen and oxygen atoms in total. The molecule has 3 atom stereocenters. The van der Waals surface area contributed by atoms with Crippen LogP contribution >= 0.6 is 0 Å². The van der Waals surface area contributed by atoms with E-state index in [4.69, 9.17) is 10.2 Å². The summed E-state index contributed by atoms with van der Waals surface area (Å²) in [7, 11) is 0. The average molecular weight is 244 g/mol. The minimum absolute atomic E-state index is 0.229. The van der Waals surface area contributed by atoms with E-state index >= 15 is 0 Å². The molecule has 1 aliphatic carbocycles. The molecule has 100 valence electrons. The Labute approximate surface area is 103 Å². The lowest BCUT2D eigenvalue weighted by Gasteiger charge is -2.27. The SMILES string of the molecule is CC(O)CCC1CCC(CCC(O)O)=C[C@H]1O. The van der Waals surface area contributed by atoms with Gasteiger partial charge in [0.25, 0.3) is 0 Å². The molecule has 0 spiro atoms. The molecule has 0 saturated heterocycles. The molecular weight excluding hydrogens is 220 g/mol. The Hall–Kier alpha value is -0.420. The van der Waals surface area contributed by atoms with Crippen LogP contribution in [-0.2, 0) is 0 Å². The fraction of sp³-hybridized carbons (Fsp3) is 0.846. The van der Waals surface area contributed by atoms with Gasteiger partial charge in [-0.2, -0.15) is 0 Å². The highest BCUT2D eigenvalue weighted by molar-refractivity contribution is 5.10. The summed E-state index contributed by atoms with van der Waals surface area (Å²) in [5.41, 5.74) is 1.11. The van der Waals surface area contributed by atoms with E-state index in [9.17, 15) is 10.2 Å². The van der Waals surface area contributed by atoms with Gasteiger partial charge in [-0.25, -0.2) is 0 Å². The van der Waals surface area contributed by atoms with E-state index in [1.165, 1.54) is 0 Å². The summed E-state index contributed by atoms with van der Waals surface area (Å²) in [4.78, 5) is 0. The molecule has 0 amide bonds. The van der Waals surface area contributed by atoms with E-state index in [1.807, 2.05) is 6.08 Å². The second-order valence-corrected chi connectivity index (χ2v) is 5.06. The third-order valence-electron chi connectivity index (χ3n) is 3.40. The molecule has 2 unspecified atom stereocenters. The van der Waals surface area contributed by atoms with Gasteiger partial charge in [0.1, 0.15) is 0 Å². The zero-order chi connectivity index (χ0) is 12.8. The summed E-state index contributed by atoms with van der Waals surface area (Å²) >= 11 is 0. The number of hydrogen-bond donors (Lipinski definition) is 4. The van der Waals surface area contributed by atoms with Crippen molar-refractivity contribution >= 4 is 0 Å². The average Bonchev–Trinajstić information content (AvgIpc) is 2.24. The Balaban J connectivity index is 2.36. The number of rotatable bonds is 6. The first-order valence-electron chi connectivity index (χ1n) is 6.41. The van der Waals surface area contributed by atoms with Crippen molar-refractivity contribution in [2.24, 2.45) is 5.92 Å². The lowest BCUT2D eigenvalue weighted by molar-refractivity contribution is -0.0450. The van der Waals surface area contributed by atoms with Crippen LogP contribution in [0.5, 0.6) is 0 Å². The lowest BCUT2D eigenvalue weighted by atomic mass is 9.82. The van der Waals surface area contributed by atoms with Crippen LogP contribution in [0.15, 0.2) is 11.6 Å². The molecule has 0 radical (unpaired) electrons. The van der Waals surface area contributed by atoms with Gasteiger partial charge < -0.3 is 20.4 Å². The highest BCUT2D eigenvalue weighted by Crippen LogP contribution is 2.30. The third-order valence-corrected chi connectivity index (χ3v) is 3.40. The van der Waals surface area contributed by atoms with Crippen LogP contribution in [0.1, 0.15) is 45.4 Å². The van der Waals surface area contributed by atoms with Crippen molar-refractivity contribution in [3.05, 3.63) is 11.6 Å². The predicted octanol–water partition coefficient (Wildman–Crippen LogP) is 0.936. The monoisotopic (exact) mass is 244 g/mol. The van der Waals surface area contributed by atoms with Gasteiger partial charge in [-0.3, -0.25) is 0 Å². The molecule has 17 heavy (non-hydrogen) atoms. The fourth-order valence-corrected chi connectivity index (χ4v) is 2.30. The molecule has 1 rings (SSSR count). The topological polar surface area (TPSA) is 80.9 Å². The van der Waals surface area contributed by atoms with E-state index in [0.717, 1.165) is 31.3 Å². The van der Waals surface area contributed by atoms with Crippen LogP contribution in [0.4, 0.5) is 0 Å². The summed E-state index contributed by atoms with van der Waals surface area (Å²) in [6.07, 6.45) is 4.18. The van der Waals surface area contributed by atoms with Crippen molar-refractivity contribution < 1.29 is 20.4 Å². The summed E-state index contributed by atoms with van der Waals surface area (Å²) in [6.45, 7) is 1.76. The zero-order valence-electron chi connectivity index (χ0n) is 10.4. The van der Waals surface area contributed by atoms with Crippen molar-refractivity contribution in [1.82, 2.24) is 0 Å². The van der Waals surface area contributed by atoms with Crippen LogP contribution in [0.2, 0.25) is 0 Å². The van der Waals surface area contributed by atoms with Crippen molar-refractivity contribution in [2.45, 2.75) is 63.9 Å². The van der Waals surface area contributed by atoms with Crippen LogP contribution in [0, 0.1) is 5.92 Å². The standard InChI is InChI=1S/C13H24O4/c1-9(14)2-5-11-6-3-10(8-12(11)15)4-7-13(16)17/h8-9,11-17H,2-7H2,1H3/t9?,11?,12-/m1/s1. The van der Waals surface area contributed by atoms with E-state index in [1.54, 1.807) is 6.92 Å². The quantitative estimate of drug-likeness (QED) is 0.414. The molecule has 4 heteroatoms. The molecular formula is C13H24O4. The normalized spacial score (nSPS) is 27.1. The number of hydrogen-bond acceptors (Lipinski definition) is 4. The molecule has 4 N–H and O–H groups in total. The van der Waals surface area contributed by atoms with Gasteiger partial charge in [0.05, 0.1) is 12.2 Å². The second-order valence-electron chi connectivity index (χ2n) is 5.06.